The smallest absolute Gasteiger partial charge is 0.114 e. The van der Waals surface area contributed by atoms with Crippen LogP contribution in [0, 0.1) is 11.3 Å². The first-order valence-electron chi connectivity index (χ1n) is 6.12. The van der Waals surface area contributed by atoms with E-state index in [4.69, 9.17) is 5.84 Å². The van der Waals surface area contributed by atoms with Gasteiger partial charge in [-0.15, -0.1) is 0 Å². The number of rotatable bonds is 3. The Bertz CT molecular complexity index is 221. The summed E-state index contributed by atoms with van der Waals surface area (Å²) in [5.41, 5.74) is 3.16. The number of nitrogens with zero attached hydrogens (tertiary/aromatic N) is 1. The van der Waals surface area contributed by atoms with Gasteiger partial charge in [0.05, 0.1) is 0 Å². The summed E-state index contributed by atoms with van der Waals surface area (Å²) in [5, 5.41) is 0. The molecule has 0 bridgehead atoms. The van der Waals surface area contributed by atoms with Crippen molar-refractivity contribution in [2.24, 2.45) is 22.2 Å². The second-order valence-corrected chi connectivity index (χ2v) is 5.20. The highest BCUT2D eigenvalue weighted by atomic mass is 15.3. The molecule has 0 amide bonds. The van der Waals surface area contributed by atoms with Gasteiger partial charge in [-0.05, 0) is 24.7 Å². The fourth-order valence-corrected chi connectivity index (χ4v) is 2.49. The zero-order chi connectivity index (χ0) is 11.3. The molecule has 0 saturated heterocycles. The highest BCUT2D eigenvalue weighted by Crippen LogP contribution is 2.40. The first-order valence-corrected chi connectivity index (χ1v) is 6.12. The van der Waals surface area contributed by atoms with E-state index in [0.717, 1.165) is 18.8 Å². The molecule has 0 aliphatic heterocycles. The van der Waals surface area contributed by atoms with Crippen LogP contribution in [0.4, 0.5) is 0 Å². The second kappa shape index (κ2) is 5.50. The molecule has 0 radical (unpaired) electrons. The topological polar surface area (TPSA) is 50.4 Å². The molecule has 88 valence electrons. The minimum absolute atomic E-state index is 0.344. The van der Waals surface area contributed by atoms with E-state index in [9.17, 15) is 0 Å². The van der Waals surface area contributed by atoms with Crippen molar-refractivity contribution in [1.82, 2.24) is 5.43 Å². The molecule has 1 saturated carbocycles. The van der Waals surface area contributed by atoms with E-state index in [1.54, 1.807) is 0 Å². The number of hydrazine groups is 1. The van der Waals surface area contributed by atoms with Crippen LogP contribution in [-0.2, 0) is 0 Å². The third-order valence-electron chi connectivity index (χ3n) is 3.49. The average molecular weight is 211 g/mol. The van der Waals surface area contributed by atoms with E-state index in [0.29, 0.717) is 11.3 Å². The van der Waals surface area contributed by atoms with Crippen molar-refractivity contribution in [3.8, 4) is 0 Å². The predicted molar refractivity (Wildman–Crippen MR) is 65.7 cm³/mol. The van der Waals surface area contributed by atoms with Gasteiger partial charge in [0.15, 0.2) is 0 Å². The van der Waals surface area contributed by atoms with Gasteiger partial charge in [0.2, 0.25) is 0 Å². The Morgan fingerprint density at radius 1 is 1.47 bits per heavy atom. The Morgan fingerprint density at radius 2 is 2.20 bits per heavy atom. The first-order chi connectivity index (χ1) is 7.11. The Hall–Kier alpha value is -0.570. The van der Waals surface area contributed by atoms with Crippen LogP contribution in [0.25, 0.3) is 0 Å². The number of nitrogens with two attached hydrogens (primary N) is 1. The third kappa shape index (κ3) is 3.20. The fourth-order valence-electron chi connectivity index (χ4n) is 2.49. The van der Waals surface area contributed by atoms with Gasteiger partial charge in [-0.25, -0.2) is 5.84 Å². The molecule has 0 aromatic carbocycles. The summed E-state index contributed by atoms with van der Waals surface area (Å²) in [4.78, 5) is 4.56. The molecule has 15 heavy (non-hydrogen) atoms. The molecule has 1 unspecified atom stereocenters. The molecule has 1 fully saturated rings. The molecule has 1 rings (SSSR count). The zero-order valence-corrected chi connectivity index (χ0v) is 10.3. The van der Waals surface area contributed by atoms with Gasteiger partial charge in [0.25, 0.3) is 0 Å². The van der Waals surface area contributed by atoms with E-state index in [-0.39, 0.29) is 0 Å². The number of hydrogen-bond donors (Lipinski definition) is 2. The van der Waals surface area contributed by atoms with Crippen LogP contribution in [0.5, 0.6) is 0 Å². The van der Waals surface area contributed by atoms with Gasteiger partial charge < -0.3 is 5.43 Å². The Morgan fingerprint density at radius 3 is 2.73 bits per heavy atom. The Labute approximate surface area is 93.5 Å². The van der Waals surface area contributed by atoms with E-state index >= 15 is 0 Å². The summed E-state index contributed by atoms with van der Waals surface area (Å²) in [7, 11) is 0. The molecule has 0 spiro atoms. The molecular weight excluding hydrogens is 186 g/mol. The van der Waals surface area contributed by atoms with Crippen molar-refractivity contribution in [2.75, 3.05) is 6.54 Å². The van der Waals surface area contributed by atoms with Crippen LogP contribution in [0.3, 0.4) is 0 Å². The van der Waals surface area contributed by atoms with Crippen molar-refractivity contribution >= 4 is 5.84 Å². The van der Waals surface area contributed by atoms with E-state index < -0.39 is 0 Å². The summed E-state index contributed by atoms with van der Waals surface area (Å²) in [5.74, 6) is 7.12. The zero-order valence-electron chi connectivity index (χ0n) is 10.3. The van der Waals surface area contributed by atoms with Crippen LogP contribution in [-0.4, -0.2) is 12.4 Å². The number of amidine groups is 1. The maximum atomic E-state index is 5.58. The summed E-state index contributed by atoms with van der Waals surface area (Å²) >= 11 is 0. The van der Waals surface area contributed by atoms with Crippen molar-refractivity contribution in [1.29, 1.82) is 0 Å². The lowest BCUT2D eigenvalue weighted by molar-refractivity contribution is 0.189. The largest absolute Gasteiger partial charge is 0.312 e. The summed E-state index contributed by atoms with van der Waals surface area (Å²) in [6, 6.07) is 0. The summed E-state index contributed by atoms with van der Waals surface area (Å²) in [6.07, 6.45) is 6.23. The molecule has 1 aliphatic carbocycles. The molecule has 3 heteroatoms. The fraction of sp³-hybridized carbons (Fsp3) is 0.917. The van der Waals surface area contributed by atoms with Gasteiger partial charge >= 0.3 is 0 Å². The Balaban J connectivity index is 2.73. The maximum Gasteiger partial charge on any atom is 0.114 e. The number of hydrogen-bond acceptors (Lipinski definition) is 2. The van der Waals surface area contributed by atoms with Crippen LogP contribution in [0.1, 0.15) is 52.9 Å². The number of nitrogens with one attached hydrogen (secondary N) is 1. The minimum Gasteiger partial charge on any atom is -0.312 e. The van der Waals surface area contributed by atoms with Gasteiger partial charge in [0, 0.05) is 12.5 Å². The monoisotopic (exact) mass is 211 g/mol. The Kier molecular flexibility index (Phi) is 4.58. The summed E-state index contributed by atoms with van der Waals surface area (Å²) < 4.78 is 0. The molecule has 1 atom stereocenters. The van der Waals surface area contributed by atoms with E-state index in [1.807, 2.05) is 0 Å². The minimum atomic E-state index is 0.344. The molecule has 0 aromatic rings. The molecule has 3 N–H and O–H groups in total. The highest BCUT2D eigenvalue weighted by molar-refractivity contribution is 5.84. The molecule has 3 nitrogen and oxygen atoms in total. The van der Waals surface area contributed by atoms with Gasteiger partial charge in [-0.3, -0.25) is 4.99 Å². The third-order valence-corrected chi connectivity index (χ3v) is 3.49. The van der Waals surface area contributed by atoms with Gasteiger partial charge in [-0.2, -0.15) is 0 Å². The van der Waals surface area contributed by atoms with Crippen LogP contribution < -0.4 is 11.3 Å². The van der Waals surface area contributed by atoms with Crippen molar-refractivity contribution < 1.29 is 0 Å². The van der Waals surface area contributed by atoms with E-state index in [1.165, 1.54) is 25.7 Å². The first kappa shape index (κ1) is 12.5. The van der Waals surface area contributed by atoms with Crippen LogP contribution >= 0.6 is 0 Å². The molecule has 0 aromatic heterocycles. The molecular formula is C12H25N3. The lowest BCUT2D eigenvalue weighted by Gasteiger charge is -2.39. The predicted octanol–water partition coefficient (Wildman–Crippen LogP) is 2.47. The van der Waals surface area contributed by atoms with Crippen LogP contribution in [0.15, 0.2) is 4.99 Å². The lowest BCUT2D eigenvalue weighted by atomic mass is 9.68. The van der Waals surface area contributed by atoms with Gasteiger partial charge in [0.1, 0.15) is 5.84 Å². The van der Waals surface area contributed by atoms with Crippen LogP contribution in [0.2, 0.25) is 0 Å². The maximum absolute atomic E-state index is 5.58. The van der Waals surface area contributed by atoms with E-state index in [2.05, 4.69) is 31.2 Å². The SMILES string of the molecule is CCCN=C(NN)C1CCCCC1(C)C. The van der Waals surface area contributed by atoms with Crippen molar-refractivity contribution in [3.63, 3.8) is 0 Å². The molecule has 0 heterocycles. The van der Waals surface area contributed by atoms with Crippen molar-refractivity contribution in [3.05, 3.63) is 0 Å². The normalized spacial score (nSPS) is 26.4. The van der Waals surface area contributed by atoms with Crippen molar-refractivity contribution in [2.45, 2.75) is 52.9 Å². The molecule has 1 aliphatic rings. The highest BCUT2D eigenvalue weighted by Gasteiger charge is 2.35. The second-order valence-electron chi connectivity index (χ2n) is 5.20. The summed E-state index contributed by atoms with van der Waals surface area (Å²) in [6.45, 7) is 7.68. The van der Waals surface area contributed by atoms with Gasteiger partial charge in [-0.1, -0.05) is 33.6 Å². The lowest BCUT2D eigenvalue weighted by Crippen LogP contribution is -2.44. The average Bonchev–Trinajstić information content (AvgIpc) is 2.20. The number of aliphatic imine (C=N–C) groups is 1. The quantitative estimate of drug-likeness (QED) is 0.326. The standard InChI is InChI=1S/C12H25N3/c1-4-9-14-11(15-13)10-7-5-6-8-12(10,2)3/h10H,4-9,13H2,1-3H3,(H,14,15).